The summed E-state index contributed by atoms with van der Waals surface area (Å²) in [6, 6.07) is 29.9. The van der Waals surface area contributed by atoms with Gasteiger partial charge in [-0.1, -0.05) is 99.6 Å². The lowest BCUT2D eigenvalue weighted by Crippen LogP contribution is -2.69. The van der Waals surface area contributed by atoms with E-state index in [0.717, 1.165) is 6.29 Å². The van der Waals surface area contributed by atoms with Crippen molar-refractivity contribution in [1.29, 1.82) is 0 Å². The van der Waals surface area contributed by atoms with Gasteiger partial charge in [0.05, 0.1) is 23.9 Å². The first-order valence-corrected chi connectivity index (χ1v) is 16.4. The smallest absolute Gasteiger partial charge is 0.338 e. The Hall–Kier alpha value is -3.10. The van der Waals surface area contributed by atoms with Crippen molar-refractivity contribution in [3.05, 3.63) is 96.6 Å². The van der Waals surface area contributed by atoms with E-state index in [9.17, 15) is 9.59 Å². The zero-order valence-corrected chi connectivity index (χ0v) is 25.7. The number of carbonyl (C=O) groups is 2. The number of rotatable bonds is 11. The third-order valence-electron chi connectivity index (χ3n) is 7.71. The summed E-state index contributed by atoms with van der Waals surface area (Å²) in [5.41, 5.74) is 0.461. The summed E-state index contributed by atoms with van der Waals surface area (Å²) >= 11 is 0. The second-order valence-electron chi connectivity index (χ2n) is 11.8. The van der Waals surface area contributed by atoms with Gasteiger partial charge in [0, 0.05) is 12.8 Å². The summed E-state index contributed by atoms with van der Waals surface area (Å²) in [4.78, 5) is 24.1. The average molecular weight is 575 g/mol. The summed E-state index contributed by atoms with van der Waals surface area (Å²) in [5, 5.41) is 2.12. The molecule has 0 saturated carbocycles. The zero-order valence-electron chi connectivity index (χ0n) is 24.7. The van der Waals surface area contributed by atoms with E-state index < -0.39 is 26.7 Å². The van der Waals surface area contributed by atoms with Gasteiger partial charge in [0.2, 0.25) is 0 Å². The maximum atomic E-state index is 13.2. The molecule has 0 amide bonds. The van der Waals surface area contributed by atoms with Crippen LogP contribution >= 0.6 is 0 Å². The minimum Gasteiger partial charge on any atom is -0.453 e. The number of benzene rings is 3. The molecular weight excluding hydrogens is 532 g/mol. The molecule has 3 aromatic rings. The quantitative estimate of drug-likeness (QED) is 0.167. The highest BCUT2D eigenvalue weighted by molar-refractivity contribution is 6.99. The number of ether oxygens (including phenoxy) is 3. The molecule has 1 fully saturated rings. The molecule has 7 heteroatoms. The van der Waals surface area contributed by atoms with Crippen LogP contribution in [0.5, 0.6) is 0 Å². The van der Waals surface area contributed by atoms with Crippen LogP contribution in [0.1, 0.15) is 64.2 Å². The first kappa shape index (κ1) is 30.8. The Morgan fingerprint density at radius 3 is 1.98 bits per heavy atom. The maximum Gasteiger partial charge on any atom is 0.338 e. The first-order chi connectivity index (χ1) is 19.7. The van der Waals surface area contributed by atoms with Gasteiger partial charge in [-0.2, -0.15) is 0 Å². The van der Waals surface area contributed by atoms with Crippen LogP contribution in [0.2, 0.25) is 5.04 Å². The van der Waals surface area contributed by atoms with E-state index in [-0.39, 0.29) is 23.4 Å². The Morgan fingerprint density at radius 1 is 0.927 bits per heavy atom. The maximum absolute atomic E-state index is 13.2. The molecule has 0 spiro atoms. The Bertz CT molecular complexity index is 1200. The van der Waals surface area contributed by atoms with Gasteiger partial charge in [-0.15, -0.1) is 0 Å². The Morgan fingerprint density at radius 2 is 1.46 bits per heavy atom. The van der Waals surface area contributed by atoms with Gasteiger partial charge in [-0.05, 0) is 47.8 Å². The fourth-order valence-electron chi connectivity index (χ4n) is 5.58. The van der Waals surface area contributed by atoms with Crippen molar-refractivity contribution in [1.82, 2.24) is 0 Å². The summed E-state index contributed by atoms with van der Waals surface area (Å²) in [7, 11) is -2.88. The molecule has 1 saturated heterocycles. The van der Waals surface area contributed by atoms with Crippen molar-refractivity contribution in [3.63, 3.8) is 0 Å². The number of aldehydes is 1. The second-order valence-corrected chi connectivity index (χ2v) is 16.0. The average Bonchev–Trinajstić information content (AvgIpc) is 2.97. The topological polar surface area (TPSA) is 71.1 Å². The van der Waals surface area contributed by atoms with Crippen molar-refractivity contribution >= 4 is 30.9 Å². The predicted molar refractivity (Wildman–Crippen MR) is 163 cm³/mol. The van der Waals surface area contributed by atoms with E-state index in [1.165, 1.54) is 10.4 Å². The molecule has 0 aliphatic carbocycles. The standard InChI is InChI=1S/C34H42O6Si/c1-25(16-15-23-35)37-33-31(39-32(36)27-17-9-6-10-18-27)24-30(26(2)38-33)40-41(34(3,4)5,28-19-11-7-12-20-28)29-21-13-8-14-22-29/h6-14,17-23,25-26,30-31,33H,15-16,24H2,1-5H3/t25-,26-,30-,31-,33-/m1/s1. The summed E-state index contributed by atoms with van der Waals surface area (Å²) in [6.07, 6.45) is -0.174. The number of hydrogen-bond acceptors (Lipinski definition) is 6. The molecule has 1 heterocycles. The largest absolute Gasteiger partial charge is 0.453 e. The first-order valence-electron chi connectivity index (χ1n) is 14.4. The molecule has 3 aromatic carbocycles. The van der Waals surface area contributed by atoms with Crippen LogP contribution in [0.3, 0.4) is 0 Å². The second kappa shape index (κ2) is 13.7. The van der Waals surface area contributed by atoms with E-state index in [1.54, 1.807) is 24.3 Å². The molecule has 0 aromatic heterocycles. The monoisotopic (exact) mass is 574 g/mol. The zero-order chi connectivity index (χ0) is 29.5. The third kappa shape index (κ3) is 7.22. The van der Waals surface area contributed by atoms with E-state index in [2.05, 4.69) is 69.3 Å². The van der Waals surface area contributed by atoms with Gasteiger partial charge in [0.25, 0.3) is 8.32 Å². The molecule has 5 atom stereocenters. The summed E-state index contributed by atoms with van der Waals surface area (Å²) < 4.78 is 26.1. The van der Waals surface area contributed by atoms with Crippen LogP contribution in [0.4, 0.5) is 0 Å². The molecular formula is C34H42O6Si. The van der Waals surface area contributed by atoms with Crippen LogP contribution in [-0.4, -0.2) is 51.3 Å². The van der Waals surface area contributed by atoms with Crippen LogP contribution in [0.25, 0.3) is 0 Å². The normalized spacial score (nSPS) is 22.1. The Kier molecular flexibility index (Phi) is 10.3. The highest BCUT2D eigenvalue weighted by Crippen LogP contribution is 2.40. The number of hydrogen-bond donors (Lipinski definition) is 0. The molecule has 218 valence electrons. The lowest BCUT2D eigenvalue weighted by Gasteiger charge is -2.48. The minimum atomic E-state index is -2.88. The van der Waals surface area contributed by atoms with Crippen LogP contribution in [0.15, 0.2) is 91.0 Å². The van der Waals surface area contributed by atoms with Crippen molar-refractivity contribution in [2.45, 2.75) is 89.6 Å². The minimum absolute atomic E-state index is 0.220. The van der Waals surface area contributed by atoms with E-state index in [0.29, 0.717) is 24.8 Å². The fourth-order valence-corrected chi connectivity index (χ4v) is 10.3. The van der Waals surface area contributed by atoms with Gasteiger partial charge < -0.3 is 23.4 Å². The lowest BCUT2D eigenvalue weighted by molar-refractivity contribution is -0.270. The highest BCUT2D eigenvalue weighted by atomic mass is 28.4. The number of carbonyl (C=O) groups excluding carboxylic acids is 2. The van der Waals surface area contributed by atoms with Crippen molar-refractivity contribution in [2.24, 2.45) is 0 Å². The van der Waals surface area contributed by atoms with Gasteiger partial charge in [0.1, 0.15) is 6.29 Å². The molecule has 6 nitrogen and oxygen atoms in total. The molecule has 0 unspecified atom stereocenters. The molecule has 0 radical (unpaired) electrons. The SMILES string of the molecule is C[C@H](CCC=O)O[C@@H]1O[C@H](C)[C@H](O[Si](c2ccccc2)(c2ccccc2)C(C)(C)C)C[C@H]1OC(=O)c1ccccc1. The molecule has 1 aliphatic rings. The molecule has 0 N–H and O–H groups in total. The molecule has 41 heavy (non-hydrogen) atoms. The Balaban J connectivity index is 1.69. The number of esters is 1. The van der Waals surface area contributed by atoms with Gasteiger partial charge in [-0.25, -0.2) is 4.79 Å². The van der Waals surface area contributed by atoms with Crippen LogP contribution in [-0.2, 0) is 23.4 Å². The summed E-state index contributed by atoms with van der Waals surface area (Å²) in [6.45, 7) is 10.6. The van der Waals surface area contributed by atoms with E-state index >= 15 is 0 Å². The Labute approximate surface area is 245 Å². The van der Waals surface area contributed by atoms with Crippen molar-refractivity contribution < 1.29 is 28.2 Å². The third-order valence-corrected chi connectivity index (χ3v) is 12.8. The van der Waals surface area contributed by atoms with Crippen molar-refractivity contribution in [3.8, 4) is 0 Å². The highest BCUT2D eigenvalue weighted by Gasteiger charge is 2.53. The fraction of sp³-hybridized carbons (Fsp3) is 0.412. The molecule has 0 bridgehead atoms. The van der Waals surface area contributed by atoms with Crippen LogP contribution in [0, 0.1) is 0 Å². The lowest BCUT2D eigenvalue weighted by atomic mass is 10.0. The predicted octanol–water partition coefficient (Wildman–Crippen LogP) is 5.68. The van der Waals surface area contributed by atoms with Gasteiger partial charge in [0.15, 0.2) is 12.4 Å². The van der Waals surface area contributed by atoms with Crippen LogP contribution < -0.4 is 10.4 Å². The van der Waals surface area contributed by atoms with Gasteiger partial charge >= 0.3 is 5.97 Å². The van der Waals surface area contributed by atoms with E-state index in [1.807, 2.05) is 32.0 Å². The van der Waals surface area contributed by atoms with Crippen molar-refractivity contribution in [2.75, 3.05) is 0 Å². The molecule has 4 rings (SSSR count). The van der Waals surface area contributed by atoms with E-state index in [4.69, 9.17) is 18.6 Å². The van der Waals surface area contributed by atoms with Gasteiger partial charge in [-0.3, -0.25) is 0 Å². The molecule has 1 aliphatic heterocycles. The summed E-state index contributed by atoms with van der Waals surface area (Å²) in [5.74, 6) is -0.438.